The SMILES string of the molecule is CCOCCNC(=O)N(CC)CC. The monoisotopic (exact) mass is 188 g/mol. The molecular formula is C9H20N2O2. The van der Waals surface area contributed by atoms with Crippen molar-refractivity contribution in [3.8, 4) is 0 Å². The summed E-state index contributed by atoms with van der Waals surface area (Å²) < 4.78 is 5.10. The van der Waals surface area contributed by atoms with Crippen LogP contribution in [0.2, 0.25) is 0 Å². The molecule has 0 aromatic rings. The topological polar surface area (TPSA) is 41.6 Å². The maximum Gasteiger partial charge on any atom is 0.317 e. The third-order valence-electron chi connectivity index (χ3n) is 1.78. The minimum Gasteiger partial charge on any atom is -0.380 e. The number of nitrogens with zero attached hydrogens (tertiary/aromatic N) is 1. The standard InChI is InChI=1S/C9H20N2O2/c1-4-11(5-2)9(12)10-7-8-13-6-3/h4-8H2,1-3H3,(H,10,12). The predicted molar refractivity (Wildman–Crippen MR) is 52.8 cm³/mol. The summed E-state index contributed by atoms with van der Waals surface area (Å²) in [5, 5.41) is 2.78. The maximum absolute atomic E-state index is 11.3. The van der Waals surface area contributed by atoms with Crippen LogP contribution in [0.4, 0.5) is 4.79 Å². The number of carbonyl (C=O) groups excluding carboxylic acids is 1. The number of hydrogen-bond donors (Lipinski definition) is 1. The van der Waals surface area contributed by atoms with Gasteiger partial charge in [-0.05, 0) is 20.8 Å². The maximum atomic E-state index is 11.3. The molecule has 78 valence electrons. The second-order valence-corrected chi connectivity index (χ2v) is 2.60. The van der Waals surface area contributed by atoms with E-state index in [0.29, 0.717) is 19.8 Å². The molecule has 0 rings (SSSR count). The first-order valence-electron chi connectivity index (χ1n) is 4.86. The fourth-order valence-corrected chi connectivity index (χ4v) is 0.997. The molecule has 1 N–H and O–H groups in total. The average Bonchev–Trinajstić information content (AvgIpc) is 2.14. The van der Waals surface area contributed by atoms with Crippen LogP contribution >= 0.6 is 0 Å². The summed E-state index contributed by atoms with van der Waals surface area (Å²) in [5.41, 5.74) is 0. The van der Waals surface area contributed by atoms with E-state index in [1.807, 2.05) is 20.8 Å². The minimum absolute atomic E-state index is 0.00953. The van der Waals surface area contributed by atoms with Crippen molar-refractivity contribution < 1.29 is 9.53 Å². The Kier molecular flexibility index (Phi) is 7.39. The molecule has 4 nitrogen and oxygen atoms in total. The van der Waals surface area contributed by atoms with Gasteiger partial charge in [-0.2, -0.15) is 0 Å². The molecule has 0 aromatic carbocycles. The average molecular weight is 188 g/mol. The van der Waals surface area contributed by atoms with Crippen LogP contribution < -0.4 is 5.32 Å². The second-order valence-electron chi connectivity index (χ2n) is 2.60. The van der Waals surface area contributed by atoms with Gasteiger partial charge in [0.05, 0.1) is 6.61 Å². The molecule has 0 radical (unpaired) electrons. The summed E-state index contributed by atoms with van der Waals surface area (Å²) in [6.07, 6.45) is 0. The Labute approximate surface area is 80.2 Å². The van der Waals surface area contributed by atoms with Crippen molar-refractivity contribution in [3.05, 3.63) is 0 Å². The second kappa shape index (κ2) is 7.86. The molecule has 0 aliphatic carbocycles. The lowest BCUT2D eigenvalue weighted by molar-refractivity contribution is 0.146. The van der Waals surface area contributed by atoms with Gasteiger partial charge in [-0.1, -0.05) is 0 Å². The van der Waals surface area contributed by atoms with E-state index in [4.69, 9.17) is 4.74 Å². The van der Waals surface area contributed by atoms with Crippen molar-refractivity contribution in [1.82, 2.24) is 10.2 Å². The van der Waals surface area contributed by atoms with Gasteiger partial charge >= 0.3 is 6.03 Å². The van der Waals surface area contributed by atoms with Crippen LogP contribution in [0.15, 0.2) is 0 Å². The van der Waals surface area contributed by atoms with Gasteiger partial charge in [0, 0.05) is 26.2 Å². The van der Waals surface area contributed by atoms with Gasteiger partial charge < -0.3 is 15.0 Å². The number of carbonyl (C=O) groups is 1. The number of nitrogens with one attached hydrogen (secondary N) is 1. The quantitative estimate of drug-likeness (QED) is 0.634. The van der Waals surface area contributed by atoms with Gasteiger partial charge in [-0.15, -0.1) is 0 Å². The van der Waals surface area contributed by atoms with Gasteiger partial charge in [-0.3, -0.25) is 0 Å². The number of urea groups is 1. The first kappa shape index (κ1) is 12.2. The van der Waals surface area contributed by atoms with Crippen molar-refractivity contribution in [2.45, 2.75) is 20.8 Å². The van der Waals surface area contributed by atoms with Gasteiger partial charge in [0.25, 0.3) is 0 Å². The molecule has 0 fully saturated rings. The first-order valence-corrected chi connectivity index (χ1v) is 4.86. The summed E-state index contributed by atoms with van der Waals surface area (Å²) >= 11 is 0. The van der Waals surface area contributed by atoms with Crippen molar-refractivity contribution in [2.24, 2.45) is 0 Å². The molecule has 13 heavy (non-hydrogen) atoms. The fraction of sp³-hybridized carbons (Fsp3) is 0.889. The third kappa shape index (κ3) is 5.47. The van der Waals surface area contributed by atoms with E-state index in [1.54, 1.807) is 4.90 Å². The van der Waals surface area contributed by atoms with Crippen LogP contribution in [0.5, 0.6) is 0 Å². The van der Waals surface area contributed by atoms with E-state index in [-0.39, 0.29) is 6.03 Å². The summed E-state index contributed by atoms with van der Waals surface area (Å²) in [6.45, 7) is 9.23. The zero-order valence-corrected chi connectivity index (χ0v) is 8.80. The Hall–Kier alpha value is -0.770. The van der Waals surface area contributed by atoms with Gasteiger partial charge in [-0.25, -0.2) is 4.79 Å². The molecule has 0 atom stereocenters. The van der Waals surface area contributed by atoms with Crippen LogP contribution in [0.3, 0.4) is 0 Å². The Balaban J connectivity index is 3.48. The highest BCUT2D eigenvalue weighted by Gasteiger charge is 2.06. The van der Waals surface area contributed by atoms with Gasteiger partial charge in [0.2, 0.25) is 0 Å². The Morgan fingerprint density at radius 2 is 1.92 bits per heavy atom. The van der Waals surface area contributed by atoms with Crippen molar-refractivity contribution in [3.63, 3.8) is 0 Å². The highest BCUT2D eigenvalue weighted by Crippen LogP contribution is 1.87. The molecule has 0 unspecified atom stereocenters. The fourth-order valence-electron chi connectivity index (χ4n) is 0.997. The summed E-state index contributed by atoms with van der Waals surface area (Å²) in [7, 11) is 0. The van der Waals surface area contributed by atoms with Gasteiger partial charge in [0.1, 0.15) is 0 Å². The highest BCUT2D eigenvalue weighted by molar-refractivity contribution is 5.73. The molecule has 0 aliphatic heterocycles. The molecule has 0 spiro atoms. The van der Waals surface area contributed by atoms with E-state index in [2.05, 4.69) is 5.32 Å². The lowest BCUT2D eigenvalue weighted by Gasteiger charge is -2.18. The van der Waals surface area contributed by atoms with E-state index in [1.165, 1.54) is 0 Å². The van der Waals surface area contributed by atoms with Crippen LogP contribution in [-0.4, -0.2) is 43.8 Å². The number of rotatable bonds is 6. The number of ether oxygens (including phenoxy) is 1. The first-order chi connectivity index (χ1) is 6.26. The Morgan fingerprint density at radius 3 is 2.38 bits per heavy atom. The zero-order valence-electron chi connectivity index (χ0n) is 8.80. The molecule has 0 bridgehead atoms. The molecule has 0 saturated carbocycles. The largest absolute Gasteiger partial charge is 0.380 e. The molecule has 4 heteroatoms. The molecular weight excluding hydrogens is 168 g/mol. The van der Waals surface area contributed by atoms with Crippen molar-refractivity contribution in [1.29, 1.82) is 0 Å². The molecule has 0 saturated heterocycles. The minimum atomic E-state index is -0.00953. The molecule has 0 aromatic heterocycles. The summed E-state index contributed by atoms with van der Waals surface area (Å²) in [4.78, 5) is 13.1. The Bertz CT molecular complexity index is 136. The molecule has 2 amide bonds. The lowest BCUT2D eigenvalue weighted by Crippen LogP contribution is -2.40. The van der Waals surface area contributed by atoms with E-state index in [0.717, 1.165) is 13.1 Å². The third-order valence-corrected chi connectivity index (χ3v) is 1.78. The normalized spacial score (nSPS) is 9.77. The number of amides is 2. The lowest BCUT2D eigenvalue weighted by atomic mass is 10.5. The van der Waals surface area contributed by atoms with Crippen LogP contribution in [0.1, 0.15) is 20.8 Å². The zero-order chi connectivity index (χ0) is 10.1. The van der Waals surface area contributed by atoms with Crippen molar-refractivity contribution >= 4 is 6.03 Å². The van der Waals surface area contributed by atoms with E-state index in [9.17, 15) is 4.79 Å². The Morgan fingerprint density at radius 1 is 1.31 bits per heavy atom. The number of hydrogen-bond acceptors (Lipinski definition) is 2. The highest BCUT2D eigenvalue weighted by atomic mass is 16.5. The van der Waals surface area contributed by atoms with Gasteiger partial charge in [0.15, 0.2) is 0 Å². The van der Waals surface area contributed by atoms with Crippen LogP contribution in [0, 0.1) is 0 Å². The predicted octanol–water partition coefficient (Wildman–Crippen LogP) is 1.07. The van der Waals surface area contributed by atoms with Crippen LogP contribution in [0.25, 0.3) is 0 Å². The van der Waals surface area contributed by atoms with E-state index < -0.39 is 0 Å². The summed E-state index contributed by atoms with van der Waals surface area (Å²) in [6, 6.07) is -0.00953. The smallest absolute Gasteiger partial charge is 0.317 e. The molecule has 0 aliphatic rings. The molecule has 0 heterocycles. The van der Waals surface area contributed by atoms with Crippen molar-refractivity contribution in [2.75, 3.05) is 32.8 Å². The van der Waals surface area contributed by atoms with E-state index >= 15 is 0 Å². The van der Waals surface area contributed by atoms with Crippen LogP contribution in [-0.2, 0) is 4.74 Å². The summed E-state index contributed by atoms with van der Waals surface area (Å²) in [5.74, 6) is 0.